The van der Waals surface area contributed by atoms with Gasteiger partial charge in [-0.15, -0.1) is 11.8 Å². The highest BCUT2D eigenvalue weighted by Crippen LogP contribution is 2.52. The number of ketones is 2. The molecule has 0 radical (unpaired) electrons. The summed E-state index contributed by atoms with van der Waals surface area (Å²) in [5.74, 6) is -6.24. The van der Waals surface area contributed by atoms with Crippen molar-refractivity contribution in [3.05, 3.63) is 75.3 Å². The molecular weight excluding hydrogens is 568 g/mol. The van der Waals surface area contributed by atoms with E-state index < -0.39 is 52.0 Å². The van der Waals surface area contributed by atoms with Crippen LogP contribution in [0, 0.1) is 11.8 Å². The van der Waals surface area contributed by atoms with E-state index in [1.165, 1.54) is 0 Å². The lowest BCUT2D eigenvalue weighted by Gasteiger charge is -2.46. The van der Waals surface area contributed by atoms with E-state index in [4.69, 9.17) is 5.73 Å². The monoisotopic (exact) mass is 606 g/mol. The molecule has 2 aromatic rings. The Kier molecular flexibility index (Phi) is 7.67. The Morgan fingerprint density at radius 2 is 1.72 bits per heavy atom. The van der Waals surface area contributed by atoms with Gasteiger partial charge in [0.15, 0.2) is 11.4 Å². The Labute approximate surface area is 255 Å². The van der Waals surface area contributed by atoms with Crippen molar-refractivity contribution in [3.8, 4) is 5.75 Å². The van der Waals surface area contributed by atoms with Crippen LogP contribution < -0.4 is 10.6 Å². The van der Waals surface area contributed by atoms with Crippen molar-refractivity contribution in [2.24, 2.45) is 17.6 Å². The number of nitrogens with zero attached hydrogens (tertiary/aromatic N) is 1. The zero-order valence-corrected chi connectivity index (χ0v) is 25.8. The molecular formula is C33H38N2O7S. The first-order chi connectivity index (χ1) is 20.1. The van der Waals surface area contributed by atoms with Gasteiger partial charge in [-0.25, -0.2) is 0 Å². The maximum absolute atomic E-state index is 14.1. The van der Waals surface area contributed by atoms with Gasteiger partial charge in [0.25, 0.3) is 5.91 Å². The highest BCUT2D eigenvalue weighted by atomic mass is 32.2. The summed E-state index contributed by atoms with van der Waals surface area (Å²) in [5, 5.41) is 44.8. The molecule has 0 saturated heterocycles. The van der Waals surface area contributed by atoms with Gasteiger partial charge in [0.1, 0.15) is 22.8 Å². The topological polar surface area (TPSA) is 161 Å². The number of phenolic OH excluding ortho intramolecular Hbond substituents is 1. The third kappa shape index (κ3) is 5.10. The highest BCUT2D eigenvalue weighted by Gasteiger charge is 2.59. The van der Waals surface area contributed by atoms with Crippen molar-refractivity contribution in [1.82, 2.24) is 0 Å². The molecule has 1 amide bonds. The van der Waals surface area contributed by atoms with Crippen LogP contribution in [0.15, 0.2) is 57.9 Å². The molecule has 43 heavy (non-hydrogen) atoms. The Morgan fingerprint density at radius 3 is 2.35 bits per heavy atom. The molecule has 0 bridgehead atoms. The number of aromatic hydroxyl groups is 1. The molecule has 0 aliphatic heterocycles. The number of allylic oxidation sites excluding steroid dienone is 2. The number of Topliss-reactive ketones (excluding diaryl/α,β-unsaturated/α-hetero) is 2. The van der Waals surface area contributed by atoms with E-state index in [2.05, 4.69) is 32.9 Å². The van der Waals surface area contributed by atoms with Crippen LogP contribution in [0.3, 0.4) is 0 Å². The molecule has 0 aromatic heterocycles. The third-order valence-electron chi connectivity index (χ3n) is 8.65. The fourth-order valence-corrected chi connectivity index (χ4v) is 7.83. The highest BCUT2D eigenvalue weighted by molar-refractivity contribution is 8.00. The Hall–Kier alpha value is -3.76. The first kappa shape index (κ1) is 30.7. The van der Waals surface area contributed by atoms with Gasteiger partial charge in [-0.3, -0.25) is 14.4 Å². The number of carbonyl (C=O) groups is 3. The molecule has 5 rings (SSSR count). The quantitative estimate of drug-likeness (QED) is 0.238. The number of aryl methyl sites for hydroxylation is 2. The van der Waals surface area contributed by atoms with Crippen LogP contribution in [-0.2, 0) is 28.9 Å². The molecule has 9 nitrogen and oxygen atoms in total. The lowest BCUT2D eigenvalue weighted by atomic mass is 9.60. The van der Waals surface area contributed by atoms with Crippen molar-refractivity contribution in [2.75, 3.05) is 19.0 Å². The SMILES string of the molecule is CN(C)c1cc(CCc2ccccc2SC(C)(C)C)c(O)c2c1C[C@H]1C[C@H]3CC(O)=C(C(N)=O)C(=O)[C@@]3(O)C(O)=C1C2=O. The van der Waals surface area contributed by atoms with Crippen LogP contribution >= 0.6 is 11.8 Å². The third-order valence-corrected chi connectivity index (χ3v) is 9.88. The Balaban J connectivity index is 1.58. The number of fused-ring (bicyclic) bond motifs is 3. The van der Waals surface area contributed by atoms with Crippen LogP contribution in [0.25, 0.3) is 0 Å². The number of amides is 1. The van der Waals surface area contributed by atoms with Gasteiger partial charge in [-0.1, -0.05) is 39.0 Å². The molecule has 3 aliphatic carbocycles. The molecule has 10 heteroatoms. The lowest BCUT2D eigenvalue weighted by Crippen LogP contribution is -2.57. The molecule has 0 saturated carbocycles. The van der Waals surface area contributed by atoms with Crippen LogP contribution in [0.1, 0.15) is 60.7 Å². The Morgan fingerprint density at radius 1 is 1.07 bits per heavy atom. The van der Waals surface area contributed by atoms with Gasteiger partial charge >= 0.3 is 0 Å². The van der Waals surface area contributed by atoms with Gasteiger partial charge < -0.3 is 31.1 Å². The number of aliphatic hydroxyl groups excluding tert-OH is 2. The zero-order valence-electron chi connectivity index (χ0n) is 25.0. The first-order valence-electron chi connectivity index (χ1n) is 14.4. The van der Waals surface area contributed by atoms with E-state index in [9.17, 15) is 34.8 Å². The fraction of sp³-hybridized carbons (Fsp3) is 0.424. The number of aliphatic hydroxyl groups is 3. The summed E-state index contributed by atoms with van der Waals surface area (Å²) in [4.78, 5) is 42.3. The molecule has 0 spiro atoms. The maximum atomic E-state index is 14.1. The van der Waals surface area contributed by atoms with Crippen molar-refractivity contribution in [1.29, 1.82) is 0 Å². The summed E-state index contributed by atoms with van der Waals surface area (Å²) in [6, 6.07) is 10.0. The molecule has 3 atom stereocenters. The molecule has 228 valence electrons. The van der Waals surface area contributed by atoms with Crippen molar-refractivity contribution < 1.29 is 34.8 Å². The lowest BCUT2D eigenvalue weighted by molar-refractivity contribution is -0.144. The standard InChI is InChI=1S/C33H38N2O7S/c1-32(2,3)43-23-9-7-6-8-16(23)10-11-17-14-21(35(4)5)20-13-18-12-19-15-22(36)26(31(34)41)30(40)33(19,42)29(39)24(18)28(38)25(20)27(17)37/h6-9,14,18-19,36-37,39,42H,10-13,15H2,1-5H3,(H2,34,41)/t18-,19+,33+/m1/s1. The number of anilines is 1. The predicted molar refractivity (Wildman–Crippen MR) is 165 cm³/mol. The summed E-state index contributed by atoms with van der Waals surface area (Å²) in [7, 11) is 3.71. The minimum absolute atomic E-state index is 0.0103. The second-order valence-corrected chi connectivity index (χ2v) is 14.8. The van der Waals surface area contributed by atoms with E-state index in [-0.39, 0.29) is 40.9 Å². The number of benzene rings is 2. The molecule has 0 unspecified atom stereocenters. The van der Waals surface area contributed by atoms with E-state index >= 15 is 0 Å². The smallest absolute Gasteiger partial charge is 0.255 e. The molecule has 2 aromatic carbocycles. The normalized spacial score (nSPS) is 23.6. The van der Waals surface area contributed by atoms with E-state index in [0.29, 0.717) is 24.0 Å². The van der Waals surface area contributed by atoms with Gasteiger partial charge in [-0.2, -0.15) is 0 Å². The summed E-state index contributed by atoms with van der Waals surface area (Å²) in [5.41, 5.74) is 4.87. The largest absolute Gasteiger partial charge is 0.511 e. The molecule has 6 N–H and O–H groups in total. The fourth-order valence-electron chi connectivity index (χ4n) is 6.72. The minimum Gasteiger partial charge on any atom is -0.511 e. The maximum Gasteiger partial charge on any atom is 0.255 e. The average Bonchev–Trinajstić information content (AvgIpc) is 2.89. The van der Waals surface area contributed by atoms with E-state index in [1.54, 1.807) is 11.8 Å². The number of thioether (sulfide) groups is 1. The summed E-state index contributed by atoms with van der Waals surface area (Å²) in [6.45, 7) is 6.44. The number of primary amides is 1. The van der Waals surface area contributed by atoms with Crippen molar-refractivity contribution in [3.63, 3.8) is 0 Å². The molecule has 0 fully saturated rings. The minimum atomic E-state index is -2.58. The van der Waals surface area contributed by atoms with Crippen molar-refractivity contribution >= 4 is 34.9 Å². The van der Waals surface area contributed by atoms with E-state index in [0.717, 1.165) is 16.1 Å². The zero-order chi connectivity index (χ0) is 31.6. The van der Waals surface area contributed by atoms with Gasteiger partial charge in [0.2, 0.25) is 5.78 Å². The second kappa shape index (κ2) is 10.7. The van der Waals surface area contributed by atoms with E-state index in [1.807, 2.05) is 37.2 Å². The van der Waals surface area contributed by atoms with Gasteiger partial charge in [-0.05, 0) is 60.4 Å². The second-order valence-electron chi connectivity index (χ2n) is 12.9. The first-order valence-corrected chi connectivity index (χ1v) is 15.2. The summed E-state index contributed by atoms with van der Waals surface area (Å²) >= 11 is 1.76. The van der Waals surface area contributed by atoms with Crippen molar-refractivity contribution in [2.45, 2.75) is 68.1 Å². The van der Waals surface area contributed by atoms with Gasteiger partial charge in [0, 0.05) is 47.3 Å². The predicted octanol–water partition coefficient (Wildman–Crippen LogP) is 4.32. The van der Waals surface area contributed by atoms with Crippen LogP contribution in [-0.4, -0.2) is 62.3 Å². The summed E-state index contributed by atoms with van der Waals surface area (Å²) < 4.78 is 0.0103. The number of hydrogen-bond donors (Lipinski definition) is 5. The molecule has 3 aliphatic rings. The Bertz CT molecular complexity index is 1620. The number of nitrogens with two attached hydrogens (primary N) is 1. The van der Waals surface area contributed by atoms with Crippen LogP contribution in [0.5, 0.6) is 5.75 Å². The summed E-state index contributed by atoms with van der Waals surface area (Å²) in [6.07, 6.45) is 1.17. The number of hydrogen-bond acceptors (Lipinski definition) is 9. The average molecular weight is 607 g/mol. The van der Waals surface area contributed by atoms with Crippen LogP contribution in [0.4, 0.5) is 5.69 Å². The number of rotatable bonds is 6. The van der Waals surface area contributed by atoms with Gasteiger partial charge in [0.05, 0.1) is 5.56 Å². The molecule has 0 heterocycles. The number of carbonyl (C=O) groups excluding carboxylic acids is 3. The van der Waals surface area contributed by atoms with Crippen LogP contribution in [0.2, 0.25) is 0 Å². The number of phenols is 1.